The molecule has 134 valence electrons. The number of rotatable bonds is 6. The van der Waals surface area contributed by atoms with Crippen molar-refractivity contribution in [1.82, 2.24) is 15.3 Å². The van der Waals surface area contributed by atoms with E-state index in [1.54, 1.807) is 12.4 Å². The van der Waals surface area contributed by atoms with E-state index in [4.69, 9.17) is 0 Å². The standard InChI is InChI=1S/C18H15F2N3O2S/c1-11(17-23-15(10-26-17)12-6-8-21-9-7-12)22-16(24)13-2-4-14(5-3-13)25-18(19)20/h2-11,18H,1H3,(H,22,24). The number of aromatic nitrogens is 2. The third kappa shape index (κ3) is 4.40. The summed E-state index contributed by atoms with van der Waals surface area (Å²) >= 11 is 1.45. The highest BCUT2D eigenvalue weighted by molar-refractivity contribution is 7.10. The normalized spacial score (nSPS) is 12.0. The van der Waals surface area contributed by atoms with Gasteiger partial charge in [0.1, 0.15) is 10.8 Å². The third-order valence-electron chi connectivity index (χ3n) is 3.56. The minimum absolute atomic E-state index is 0.00603. The maximum atomic E-state index is 12.3. The van der Waals surface area contributed by atoms with Crippen LogP contribution in [-0.4, -0.2) is 22.5 Å². The number of benzene rings is 1. The van der Waals surface area contributed by atoms with E-state index in [2.05, 4.69) is 20.0 Å². The highest BCUT2D eigenvalue weighted by Crippen LogP contribution is 2.25. The minimum atomic E-state index is -2.89. The summed E-state index contributed by atoms with van der Waals surface area (Å²) in [7, 11) is 0. The van der Waals surface area contributed by atoms with Gasteiger partial charge in [0.25, 0.3) is 5.91 Å². The molecule has 1 amide bonds. The second kappa shape index (κ2) is 8.01. The monoisotopic (exact) mass is 375 g/mol. The van der Waals surface area contributed by atoms with Crippen LogP contribution in [0.2, 0.25) is 0 Å². The Bertz CT molecular complexity index is 870. The van der Waals surface area contributed by atoms with Crippen LogP contribution in [0.1, 0.15) is 28.3 Å². The molecular formula is C18H15F2N3O2S. The first-order chi connectivity index (χ1) is 12.5. The number of nitrogens with one attached hydrogen (secondary N) is 1. The smallest absolute Gasteiger partial charge is 0.387 e. The molecule has 0 aliphatic carbocycles. The molecule has 3 aromatic rings. The van der Waals surface area contributed by atoms with E-state index < -0.39 is 6.61 Å². The van der Waals surface area contributed by atoms with Gasteiger partial charge in [-0.25, -0.2) is 4.98 Å². The van der Waals surface area contributed by atoms with Gasteiger partial charge in [0.15, 0.2) is 0 Å². The van der Waals surface area contributed by atoms with Crippen molar-refractivity contribution in [3.63, 3.8) is 0 Å². The van der Waals surface area contributed by atoms with Crippen LogP contribution in [0.25, 0.3) is 11.3 Å². The van der Waals surface area contributed by atoms with Crippen molar-refractivity contribution in [2.24, 2.45) is 0 Å². The van der Waals surface area contributed by atoms with Crippen LogP contribution in [0.5, 0.6) is 5.75 Å². The molecule has 8 heteroatoms. The molecule has 1 N–H and O–H groups in total. The summed E-state index contributed by atoms with van der Waals surface area (Å²) in [6.07, 6.45) is 3.39. The maximum Gasteiger partial charge on any atom is 0.387 e. The summed E-state index contributed by atoms with van der Waals surface area (Å²) < 4.78 is 28.6. The number of halogens is 2. The Morgan fingerprint density at radius 1 is 1.15 bits per heavy atom. The molecule has 1 unspecified atom stereocenters. The zero-order valence-electron chi connectivity index (χ0n) is 13.7. The van der Waals surface area contributed by atoms with Crippen molar-refractivity contribution < 1.29 is 18.3 Å². The lowest BCUT2D eigenvalue weighted by atomic mass is 10.2. The molecule has 0 aliphatic heterocycles. The van der Waals surface area contributed by atoms with Crippen LogP contribution in [0.15, 0.2) is 54.2 Å². The molecule has 0 bridgehead atoms. The molecule has 26 heavy (non-hydrogen) atoms. The number of thiazole rings is 1. The average molecular weight is 375 g/mol. The predicted molar refractivity (Wildman–Crippen MR) is 94.3 cm³/mol. The summed E-state index contributed by atoms with van der Waals surface area (Å²) in [4.78, 5) is 20.8. The quantitative estimate of drug-likeness (QED) is 0.698. The molecule has 2 aromatic heterocycles. The molecule has 0 spiro atoms. The first-order valence-electron chi connectivity index (χ1n) is 7.74. The average Bonchev–Trinajstić information content (AvgIpc) is 3.13. The number of pyridine rings is 1. The molecule has 1 atom stereocenters. The van der Waals surface area contributed by atoms with E-state index in [1.165, 1.54) is 35.6 Å². The number of amides is 1. The Kier molecular flexibility index (Phi) is 5.52. The summed E-state index contributed by atoms with van der Waals surface area (Å²) in [6.45, 7) is -1.06. The van der Waals surface area contributed by atoms with Crippen LogP contribution in [0.4, 0.5) is 8.78 Å². The molecular weight excluding hydrogens is 360 g/mol. The number of carbonyl (C=O) groups excluding carboxylic acids is 1. The summed E-state index contributed by atoms with van der Waals surface area (Å²) in [6, 6.07) is 8.97. The Labute approximate surface area is 152 Å². The van der Waals surface area contributed by atoms with Gasteiger partial charge in [-0.2, -0.15) is 8.78 Å². The van der Waals surface area contributed by atoms with E-state index in [0.717, 1.165) is 16.3 Å². The first kappa shape index (κ1) is 17.9. The first-order valence-corrected chi connectivity index (χ1v) is 8.62. The fourth-order valence-electron chi connectivity index (χ4n) is 2.27. The van der Waals surface area contributed by atoms with Crippen molar-refractivity contribution in [1.29, 1.82) is 0 Å². The minimum Gasteiger partial charge on any atom is -0.435 e. The van der Waals surface area contributed by atoms with Gasteiger partial charge < -0.3 is 10.1 Å². The third-order valence-corrected chi connectivity index (χ3v) is 4.59. The van der Waals surface area contributed by atoms with Gasteiger partial charge in [-0.15, -0.1) is 11.3 Å². The Balaban J connectivity index is 1.65. The van der Waals surface area contributed by atoms with E-state index >= 15 is 0 Å². The van der Waals surface area contributed by atoms with Crippen molar-refractivity contribution >= 4 is 17.2 Å². The van der Waals surface area contributed by atoms with E-state index in [-0.39, 0.29) is 17.7 Å². The SMILES string of the molecule is CC(NC(=O)c1ccc(OC(F)F)cc1)c1nc(-c2ccncc2)cs1. The van der Waals surface area contributed by atoms with Gasteiger partial charge in [0.05, 0.1) is 11.7 Å². The van der Waals surface area contributed by atoms with Gasteiger partial charge in [0, 0.05) is 28.9 Å². The molecule has 1 aromatic carbocycles. The lowest BCUT2D eigenvalue weighted by Crippen LogP contribution is -2.26. The second-order valence-corrected chi connectivity index (χ2v) is 6.29. The Hall–Kier alpha value is -2.87. The van der Waals surface area contributed by atoms with Gasteiger partial charge in [-0.3, -0.25) is 9.78 Å². The van der Waals surface area contributed by atoms with Gasteiger partial charge in [-0.05, 0) is 43.3 Å². The van der Waals surface area contributed by atoms with Crippen LogP contribution < -0.4 is 10.1 Å². The van der Waals surface area contributed by atoms with E-state index in [0.29, 0.717) is 5.56 Å². The number of hydrogen-bond acceptors (Lipinski definition) is 5. The lowest BCUT2D eigenvalue weighted by molar-refractivity contribution is -0.0498. The molecule has 2 heterocycles. The molecule has 0 fully saturated rings. The number of ether oxygens (including phenoxy) is 1. The topological polar surface area (TPSA) is 64.1 Å². The Morgan fingerprint density at radius 2 is 1.85 bits per heavy atom. The zero-order chi connectivity index (χ0) is 18.5. The molecule has 0 saturated carbocycles. The molecule has 0 radical (unpaired) electrons. The van der Waals surface area contributed by atoms with Crippen molar-refractivity contribution in [3.05, 3.63) is 64.7 Å². The van der Waals surface area contributed by atoms with E-state index in [1.807, 2.05) is 24.4 Å². The molecule has 3 rings (SSSR count). The Morgan fingerprint density at radius 3 is 2.50 bits per heavy atom. The van der Waals surface area contributed by atoms with Gasteiger partial charge in [0.2, 0.25) is 0 Å². The van der Waals surface area contributed by atoms with Crippen LogP contribution in [-0.2, 0) is 0 Å². The van der Waals surface area contributed by atoms with Crippen molar-refractivity contribution in [2.75, 3.05) is 0 Å². The fraction of sp³-hybridized carbons (Fsp3) is 0.167. The molecule has 0 saturated heterocycles. The number of hydrogen-bond donors (Lipinski definition) is 1. The van der Waals surface area contributed by atoms with Crippen LogP contribution >= 0.6 is 11.3 Å². The van der Waals surface area contributed by atoms with E-state index in [9.17, 15) is 13.6 Å². The largest absolute Gasteiger partial charge is 0.435 e. The highest BCUT2D eigenvalue weighted by atomic mass is 32.1. The van der Waals surface area contributed by atoms with Gasteiger partial charge >= 0.3 is 6.61 Å². The van der Waals surface area contributed by atoms with Crippen LogP contribution in [0, 0.1) is 0 Å². The predicted octanol–water partition coefficient (Wildman–Crippen LogP) is 4.30. The second-order valence-electron chi connectivity index (χ2n) is 5.40. The fourth-order valence-corrected chi connectivity index (χ4v) is 3.11. The molecule has 0 aliphatic rings. The van der Waals surface area contributed by atoms with Crippen molar-refractivity contribution in [3.8, 4) is 17.0 Å². The number of nitrogens with zero attached hydrogens (tertiary/aromatic N) is 2. The zero-order valence-corrected chi connectivity index (χ0v) is 14.5. The summed E-state index contributed by atoms with van der Waals surface area (Å²) in [5, 5.41) is 5.53. The maximum absolute atomic E-state index is 12.3. The molecule has 5 nitrogen and oxygen atoms in total. The summed E-state index contributed by atoms with van der Waals surface area (Å²) in [5.41, 5.74) is 2.13. The van der Waals surface area contributed by atoms with Crippen molar-refractivity contribution in [2.45, 2.75) is 19.6 Å². The number of alkyl halides is 2. The van der Waals surface area contributed by atoms with Crippen LogP contribution in [0.3, 0.4) is 0 Å². The lowest BCUT2D eigenvalue weighted by Gasteiger charge is -2.12. The summed E-state index contributed by atoms with van der Waals surface area (Å²) in [5.74, 6) is -0.312. The highest BCUT2D eigenvalue weighted by Gasteiger charge is 2.15. The van der Waals surface area contributed by atoms with Gasteiger partial charge in [-0.1, -0.05) is 0 Å². The number of carbonyl (C=O) groups is 1.